The minimum absolute atomic E-state index is 0.0621. The Balaban J connectivity index is 1.50. The lowest BCUT2D eigenvalue weighted by Gasteiger charge is -2.11. The minimum atomic E-state index is -0.304. The molecule has 0 saturated carbocycles. The Hall–Kier alpha value is -2.93. The van der Waals surface area contributed by atoms with Gasteiger partial charge in [-0.25, -0.2) is 0 Å². The van der Waals surface area contributed by atoms with E-state index in [9.17, 15) is 9.59 Å². The van der Waals surface area contributed by atoms with E-state index >= 15 is 0 Å². The molecule has 0 aliphatic carbocycles. The number of amides is 2. The monoisotopic (exact) mass is 383 g/mol. The molecule has 2 heterocycles. The Labute approximate surface area is 164 Å². The van der Waals surface area contributed by atoms with Crippen LogP contribution < -0.4 is 15.4 Å². The quantitative estimate of drug-likeness (QED) is 0.728. The van der Waals surface area contributed by atoms with E-state index in [0.717, 1.165) is 30.8 Å². The Morgan fingerprint density at radius 2 is 2.11 bits per heavy atom. The fourth-order valence-corrected chi connectivity index (χ4v) is 3.05. The maximum absolute atomic E-state index is 12.4. The first kappa shape index (κ1) is 19.8. The summed E-state index contributed by atoms with van der Waals surface area (Å²) in [4.78, 5) is 28.7. The second kappa shape index (κ2) is 9.85. The van der Waals surface area contributed by atoms with Crippen LogP contribution >= 0.6 is 0 Å². The highest BCUT2D eigenvalue weighted by Crippen LogP contribution is 2.13. The molecule has 1 atom stereocenters. The lowest BCUT2D eigenvalue weighted by atomic mass is 10.1. The van der Waals surface area contributed by atoms with Crippen LogP contribution in [0.2, 0.25) is 0 Å². The predicted octanol–water partition coefficient (Wildman–Crippen LogP) is 1.97. The average Bonchev–Trinajstić information content (AvgIpc) is 3.26. The molecule has 1 aromatic heterocycles. The Bertz CT molecular complexity index is 819. The molecule has 0 bridgehead atoms. The molecule has 1 fully saturated rings. The van der Waals surface area contributed by atoms with Crippen molar-refractivity contribution in [2.45, 2.75) is 25.4 Å². The number of carbonyl (C=O) groups excluding carboxylic acids is 2. The summed E-state index contributed by atoms with van der Waals surface area (Å²) in [7, 11) is 1.62. The Morgan fingerprint density at radius 1 is 1.21 bits per heavy atom. The minimum Gasteiger partial charge on any atom is -0.497 e. The largest absolute Gasteiger partial charge is 0.497 e. The van der Waals surface area contributed by atoms with E-state index in [1.54, 1.807) is 13.2 Å². The van der Waals surface area contributed by atoms with E-state index in [0.29, 0.717) is 25.1 Å². The second-order valence-corrected chi connectivity index (χ2v) is 6.63. The van der Waals surface area contributed by atoms with E-state index in [1.165, 1.54) is 12.3 Å². The average molecular weight is 383 g/mol. The van der Waals surface area contributed by atoms with Crippen molar-refractivity contribution in [3.63, 3.8) is 0 Å². The first-order chi connectivity index (χ1) is 13.7. The first-order valence-corrected chi connectivity index (χ1v) is 9.42. The van der Waals surface area contributed by atoms with E-state index in [2.05, 4.69) is 15.6 Å². The molecule has 1 aliphatic heterocycles. The van der Waals surface area contributed by atoms with Crippen molar-refractivity contribution in [2.75, 3.05) is 26.8 Å². The summed E-state index contributed by atoms with van der Waals surface area (Å²) in [6.45, 7) is 1.68. The number of carbonyl (C=O) groups is 2. The third-order valence-electron chi connectivity index (χ3n) is 4.60. The zero-order valence-electron chi connectivity index (χ0n) is 15.9. The maximum atomic E-state index is 12.4. The molecule has 1 unspecified atom stereocenters. The summed E-state index contributed by atoms with van der Waals surface area (Å²) in [6, 6.07) is 10.8. The molecule has 0 radical (unpaired) electrons. The van der Waals surface area contributed by atoms with Gasteiger partial charge in [0.25, 0.3) is 11.8 Å². The molecule has 0 spiro atoms. The standard InChI is InChI=1S/C21H25N3O4/c1-27-17-5-2-4-15(12-17)7-9-23-20(25)16-8-10-22-19(13-16)21(26)24-14-18-6-3-11-28-18/h2,4-5,8,10,12-13,18H,3,6-7,9,11,14H2,1H3,(H,23,25)(H,24,26). The molecular formula is C21H25N3O4. The zero-order chi connectivity index (χ0) is 19.8. The van der Waals surface area contributed by atoms with Crippen LogP contribution in [0.15, 0.2) is 42.6 Å². The second-order valence-electron chi connectivity index (χ2n) is 6.63. The van der Waals surface area contributed by atoms with Crippen molar-refractivity contribution < 1.29 is 19.1 Å². The highest BCUT2D eigenvalue weighted by atomic mass is 16.5. The van der Waals surface area contributed by atoms with Crippen LogP contribution in [0.25, 0.3) is 0 Å². The Kier molecular flexibility index (Phi) is 6.97. The number of ether oxygens (including phenoxy) is 2. The van der Waals surface area contributed by atoms with Gasteiger partial charge >= 0.3 is 0 Å². The molecule has 148 valence electrons. The summed E-state index contributed by atoms with van der Waals surface area (Å²) in [5.74, 6) is 0.247. The van der Waals surface area contributed by atoms with Gasteiger partial charge in [0.2, 0.25) is 0 Å². The topological polar surface area (TPSA) is 89.5 Å². The molecular weight excluding hydrogens is 358 g/mol. The highest BCUT2D eigenvalue weighted by molar-refractivity contribution is 5.98. The smallest absolute Gasteiger partial charge is 0.269 e. The lowest BCUT2D eigenvalue weighted by Crippen LogP contribution is -2.32. The first-order valence-electron chi connectivity index (χ1n) is 9.42. The number of pyridine rings is 1. The van der Waals surface area contributed by atoms with Gasteiger partial charge in [-0.3, -0.25) is 14.6 Å². The fraction of sp³-hybridized carbons (Fsp3) is 0.381. The van der Waals surface area contributed by atoms with Crippen molar-refractivity contribution in [1.82, 2.24) is 15.6 Å². The van der Waals surface area contributed by atoms with E-state index < -0.39 is 0 Å². The van der Waals surface area contributed by atoms with Crippen molar-refractivity contribution in [3.8, 4) is 5.75 Å². The van der Waals surface area contributed by atoms with Crippen LogP contribution in [0.4, 0.5) is 0 Å². The van der Waals surface area contributed by atoms with Gasteiger partial charge in [-0.1, -0.05) is 12.1 Å². The molecule has 2 amide bonds. The van der Waals surface area contributed by atoms with E-state index in [4.69, 9.17) is 9.47 Å². The van der Waals surface area contributed by atoms with Gasteiger partial charge in [-0.15, -0.1) is 0 Å². The summed E-state index contributed by atoms with van der Waals surface area (Å²) >= 11 is 0. The van der Waals surface area contributed by atoms with Crippen LogP contribution in [-0.4, -0.2) is 49.7 Å². The lowest BCUT2D eigenvalue weighted by molar-refractivity contribution is 0.0853. The number of methoxy groups -OCH3 is 1. The normalized spacial score (nSPS) is 15.8. The summed E-state index contributed by atoms with van der Waals surface area (Å²) in [6.07, 6.45) is 4.18. The molecule has 28 heavy (non-hydrogen) atoms. The SMILES string of the molecule is COc1cccc(CCNC(=O)c2ccnc(C(=O)NCC3CCCO3)c2)c1. The molecule has 1 aliphatic rings. The maximum Gasteiger partial charge on any atom is 0.269 e. The van der Waals surface area contributed by atoms with Gasteiger partial charge < -0.3 is 20.1 Å². The number of benzene rings is 1. The molecule has 2 N–H and O–H groups in total. The molecule has 3 rings (SSSR count). The van der Waals surface area contributed by atoms with Gasteiger partial charge in [-0.05, 0) is 49.1 Å². The number of aromatic nitrogens is 1. The van der Waals surface area contributed by atoms with E-state index in [1.807, 2.05) is 24.3 Å². The highest BCUT2D eigenvalue weighted by Gasteiger charge is 2.17. The van der Waals surface area contributed by atoms with Crippen LogP contribution in [-0.2, 0) is 11.2 Å². The molecule has 2 aromatic rings. The number of rotatable bonds is 8. The summed E-state index contributed by atoms with van der Waals surface area (Å²) < 4.78 is 10.7. The van der Waals surface area contributed by atoms with Crippen LogP contribution in [0, 0.1) is 0 Å². The van der Waals surface area contributed by atoms with Crippen LogP contribution in [0.3, 0.4) is 0 Å². The molecule has 1 aromatic carbocycles. The predicted molar refractivity (Wildman–Crippen MR) is 105 cm³/mol. The van der Waals surface area contributed by atoms with Crippen molar-refractivity contribution in [1.29, 1.82) is 0 Å². The Morgan fingerprint density at radius 3 is 2.89 bits per heavy atom. The van der Waals surface area contributed by atoms with Gasteiger partial charge in [0.05, 0.1) is 13.2 Å². The number of hydrogen-bond acceptors (Lipinski definition) is 5. The number of nitrogens with zero attached hydrogens (tertiary/aromatic N) is 1. The molecule has 7 heteroatoms. The van der Waals surface area contributed by atoms with Crippen LogP contribution in [0.5, 0.6) is 5.75 Å². The van der Waals surface area contributed by atoms with Gasteiger partial charge in [-0.2, -0.15) is 0 Å². The molecule has 1 saturated heterocycles. The van der Waals surface area contributed by atoms with Gasteiger partial charge in [0.1, 0.15) is 11.4 Å². The molecule has 7 nitrogen and oxygen atoms in total. The summed E-state index contributed by atoms with van der Waals surface area (Å²) in [5, 5.41) is 5.68. The third-order valence-corrected chi connectivity index (χ3v) is 4.60. The third kappa shape index (κ3) is 5.53. The van der Waals surface area contributed by atoms with Gasteiger partial charge in [0.15, 0.2) is 0 Å². The number of nitrogens with one attached hydrogen (secondary N) is 2. The number of hydrogen-bond donors (Lipinski definition) is 2. The van der Waals surface area contributed by atoms with Crippen molar-refractivity contribution in [2.24, 2.45) is 0 Å². The van der Waals surface area contributed by atoms with Crippen molar-refractivity contribution in [3.05, 3.63) is 59.4 Å². The van der Waals surface area contributed by atoms with Crippen molar-refractivity contribution >= 4 is 11.8 Å². The fourth-order valence-electron chi connectivity index (χ4n) is 3.05. The van der Waals surface area contributed by atoms with Gasteiger partial charge in [0, 0.05) is 31.5 Å². The zero-order valence-corrected chi connectivity index (χ0v) is 15.9. The summed E-state index contributed by atoms with van der Waals surface area (Å²) in [5.41, 5.74) is 1.70. The van der Waals surface area contributed by atoms with Crippen LogP contribution in [0.1, 0.15) is 39.3 Å². The van der Waals surface area contributed by atoms with E-state index in [-0.39, 0.29) is 23.6 Å².